The minimum absolute atomic E-state index is 0.0486. The number of hydrogen-bond donors (Lipinski definition) is 5. The van der Waals surface area contributed by atoms with Crippen LogP contribution in [0.15, 0.2) is 75.7 Å². The Kier molecular flexibility index (Phi) is 11.1. The van der Waals surface area contributed by atoms with Gasteiger partial charge in [0.1, 0.15) is 29.2 Å². The fraction of sp³-hybridized carbons (Fsp3) is 0.323. The smallest absolute Gasteiger partial charge is 0.352 e. The van der Waals surface area contributed by atoms with Crippen LogP contribution in [0.3, 0.4) is 0 Å². The Morgan fingerprint density at radius 1 is 1.10 bits per heavy atom. The van der Waals surface area contributed by atoms with Gasteiger partial charge in [-0.05, 0) is 29.5 Å². The topological polar surface area (TPSA) is 225 Å². The summed E-state index contributed by atoms with van der Waals surface area (Å²) in [4.78, 5) is 91.1. The van der Waals surface area contributed by atoms with Crippen molar-refractivity contribution in [1.82, 2.24) is 25.1 Å². The van der Waals surface area contributed by atoms with E-state index in [9.17, 15) is 43.8 Å². The molecule has 5 rings (SSSR count). The lowest BCUT2D eigenvalue weighted by molar-refractivity contribution is -0.864. The summed E-state index contributed by atoms with van der Waals surface area (Å²) in [5.41, 5.74) is -0.669. The van der Waals surface area contributed by atoms with Gasteiger partial charge >= 0.3 is 11.7 Å². The monoisotopic (exact) mass is 681 g/mol. The summed E-state index contributed by atoms with van der Waals surface area (Å²) < 4.78 is 0.419. The van der Waals surface area contributed by atoms with Crippen molar-refractivity contribution < 1.29 is 38.7 Å². The number of carbonyl (C=O) groups excluding carboxylic acids is 4. The number of fused-ring (bicyclic) bond motifs is 1. The molecule has 5 N–H and O–H groups in total. The SMILES string of the molecule is C[N+](C)(C)CC(=O)[O-].O=C(Cc1ccccc1NC(=O)c1c[nH]c(=O)[nH]c1=O)NC1C(=O)N2C(C(=O)O)=C(CN3C=CC=CC3)CS[C@H]12. The Bertz CT molecular complexity index is 1820. The molecule has 2 aromatic rings. The summed E-state index contributed by atoms with van der Waals surface area (Å²) in [6.07, 6.45) is 8.38. The van der Waals surface area contributed by atoms with Gasteiger partial charge in [0.25, 0.3) is 17.4 Å². The Morgan fingerprint density at radius 2 is 1.83 bits per heavy atom. The Morgan fingerprint density at radius 3 is 2.44 bits per heavy atom. The van der Waals surface area contributed by atoms with Crippen LogP contribution in [0.5, 0.6) is 0 Å². The first-order valence-corrected chi connectivity index (χ1v) is 15.7. The summed E-state index contributed by atoms with van der Waals surface area (Å²) in [7, 11) is 5.40. The lowest BCUT2D eigenvalue weighted by Gasteiger charge is -2.49. The van der Waals surface area contributed by atoms with Gasteiger partial charge in [0, 0.05) is 30.7 Å². The average Bonchev–Trinajstić information content (AvgIpc) is 3.00. The molecule has 0 bridgehead atoms. The van der Waals surface area contributed by atoms with E-state index >= 15 is 0 Å². The van der Waals surface area contributed by atoms with Crippen LogP contribution in [0.1, 0.15) is 15.9 Å². The zero-order chi connectivity index (χ0) is 35.2. The van der Waals surface area contributed by atoms with E-state index in [1.54, 1.807) is 45.4 Å². The fourth-order valence-electron chi connectivity index (χ4n) is 5.02. The molecule has 16 nitrogen and oxygen atoms in total. The minimum atomic E-state index is -1.19. The Labute approximate surface area is 278 Å². The van der Waals surface area contributed by atoms with Gasteiger partial charge in [-0.1, -0.05) is 30.4 Å². The normalized spacial score (nSPS) is 18.3. The summed E-state index contributed by atoms with van der Waals surface area (Å²) in [5, 5.41) is 24.5. The molecule has 17 heteroatoms. The molecule has 0 aliphatic carbocycles. The number of anilines is 1. The number of carboxylic acid groups (broad SMARTS) is 2. The average molecular weight is 682 g/mol. The van der Waals surface area contributed by atoms with E-state index in [-0.39, 0.29) is 29.9 Å². The zero-order valence-electron chi connectivity index (χ0n) is 26.3. The first kappa shape index (κ1) is 35.4. The van der Waals surface area contributed by atoms with Crippen LogP contribution in [0.4, 0.5) is 5.69 Å². The number of thioether (sulfide) groups is 1. The quantitative estimate of drug-likeness (QED) is 0.142. The van der Waals surface area contributed by atoms with E-state index in [1.807, 2.05) is 34.3 Å². The van der Waals surface area contributed by atoms with Crippen molar-refractivity contribution in [1.29, 1.82) is 0 Å². The molecule has 1 aromatic heterocycles. The van der Waals surface area contributed by atoms with Crippen molar-refractivity contribution in [2.45, 2.75) is 17.8 Å². The van der Waals surface area contributed by atoms with E-state index in [0.717, 1.165) is 6.20 Å². The first-order chi connectivity index (χ1) is 22.6. The number of aliphatic carboxylic acids is 2. The minimum Gasteiger partial charge on any atom is -0.544 e. The third-order valence-corrected chi connectivity index (χ3v) is 8.47. The number of aromatic amines is 2. The second-order valence-corrected chi connectivity index (χ2v) is 13.1. The first-order valence-electron chi connectivity index (χ1n) is 14.6. The number of para-hydroxylation sites is 1. The van der Waals surface area contributed by atoms with E-state index in [0.29, 0.717) is 34.5 Å². The maximum absolute atomic E-state index is 13.0. The summed E-state index contributed by atoms with van der Waals surface area (Å²) in [6.45, 7) is 1.08. The molecule has 48 heavy (non-hydrogen) atoms. The van der Waals surface area contributed by atoms with E-state index in [4.69, 9.17) is 0 Å². The largest absolute Gasteiger partial charge is 0.544 e. The van der Waals surface area contributed by atoms with Crippen molar-refractivity contribution in [3.63, 3.8) is 0 Å². The van der Waals surface area contributed by atoms with Crippen molar-refractivity contribution in [2.24, 2.45) is 0 Å². The van der Waals surface area contributed by atoms with Crippen molar-refractivity contribution >= 4 is 47.1 Å². The lowest BCUT2D eigenvalue weighted by Crippen LogP contribution is -2.70. The number of likely N-dealkylation sites (N-methyl/N-ethyl adjacent to an activating group) is 1. The molecular weight excluding hydrogens is 646 g/mol. The number of amides is 3. The molecule has 0 radical (unpaired) electrons. The van der Waals surface area contributed by atoms with Gasteiger partial charge in [-0.2, -0.15) is 0 Å². The van der Waals surface area contributed by atoms with Crippen LogP contribution >= 0.6 is 11.8 Å². The van der Waals surface area contributed by atoms with Gasteiger partial charge in [-0.15, -0.1) is 11.8 Å². The molecule has 2 atom stereocenters. The molecule has 3 aliphatic heterocycles. The number of rotatable bonds is 10. The molecule has 1 aromatic carbocycles. The van der Waals surface area contributed by atoms with Crippen LogP contribution in [-0.4, -0.2) is 117 Å². The number of nitrogens with zero attached hydrogens (tertiary/aromatic N) is 3. The molecule has 0 spiro atoms. The molecule has 1 fully saturated rings. The number of aromatic nitrogens is 2. The Hall–Kier alpha value is -5.42. The molecule has 0 saturated carbocycles. The number of allylic oxidation sites excluding steroid dienone is 2. The summed E-state index contributed by atoms with van der Waals surface area (Å²) >= 11 is 1.39. The number of quaternary nitrogens is 1. The van der Waals surface area contributed by atoms with Gasteiger partial charge < -0.3 is 40.0 Å². The maximum Gasteiger partial charge on any atom is 0.352 e. The number of β-lactam (4-membered cyclic amide) rings is 1. The standard InChI is InChI=1S/C26H24N6O7S.C5H11NO2/c33-18(10-14-6-2-3-7-17(14)28-21(34)16-11-27-26(39)30-22(16)35)29-19-23(36)32-20(25(37)38)15(13-40-24(19)32)12-31-8-4-1-5-9-31;1-6(2,3)4-5(7)8/h1-8,11,19,24H,9-10,12-13H2,(H,28,34)(H,29,33)(H,37,38)(H2,27,30,35,39);4H2,1-3H3/t19?,24-;/m1./s1. The number of benzene rings is 1. The van der Waals surface area contributed by atoms with Crippen molar-refractivity contribution in [2.75, 3.05) is 51.8 Å². The van der Waals surface area contributed by atoms with Crippen LogP contribution in [0.2, 0.25) is 0 Å². The van der Waals surface area contributed by atoms with Gasteiger partial charge in [0.05, 0.1) is 33.5 Å². The van der Waals surface area contributed by atoms with Crippen LogP contribution in [0.25, 0.3) is 0 Å². The number of nitrogens with one attached hydrogen (secondary N) is 4. The number of hydrogen-bond acceptors (Lipinski definition) is 10. The highest BCUT2D eigenvalue weighted by atomic mass is 32.2. The predicted octanol–water partition coefficient (Wildman–Crippen LogP) is -1.58. The van der Waals surface area contributed by atoms with Crippen LogP contribution in [0, 0.1) is 0 Å². The highest BCUT2D eigenvalue weighted by Gasteiger charge is 2.54. The van der Waals surface area contributed by atoms with Crippen molar-refractivity contribution in [3.05, 3.63) is 98.1 Å². The summed E-state index contributed by atoms with van der Waals surface area (Å²) in [5.74, 6) is -3.59. The van der Waals surface area contributed by atoms with Crippen LogP contribution in [-0.2, 0) is 25.6 Å². The third kappa shape index (κ3) is 8.89. The van der Waals surface area contributed by atoms with Gasteiger partial charge in [-0.3, -0.25) is 29.1 Å². The molecule has 3 aliphatic rings. The summed E-state index contributed by atoms with van der Waals surface area (Å²) in [6, 6.07) is 5.56. The highest BCUT2D eigenvalue weighted by molar-refractivity contribution is 8.00. The van der Waals surface area contributed by atoms with Gasteiger partial charge in [-0.25, -0.2) is 9.59 Å². The number of carbonyl (C=O) groups is 5. The van der Waals surface area contributed by atoms with E-state index in [1.165, 1.54) is 16.7 Å². The lowest BCUT2D eigenvalue weighted by atomic mass is 10.0. The van der Waals surface area contributed by atoms with Gasteiger partial charge in [0.2, 0.25) is 5.91 Å². The predicted molar refractivity (Wildman–Crippen MR) is 173 cm³/mol. The van der Waals surface area contributed by atoms with Crippen LogP contribution < -0.4 is 27.0 Å². The maximum atomic E-state index is 13.0. The molecule has 4 heterocycles. The number of carboxylic acids is 2. The molecular formula is C31H35N7O9S. The Balaban J connectivity index is 0.000000579. The van der Waals surface area contributed by atoms with Gasteiger partial charge in [0.15, 0.2) is 0 Å². The molecule has 1 unspecified atom stereocenters. The third-order valence-electron chi connectivity index (χ3n) is 7.13. The van der Waals surface area contributed by atoms with E-state index in [2.05, 4.69) is 15.6 Å². The number of H-pyrrole nitrogens is 2. The molecule has 254 valence electrons. The zero-order valence-corrected chi connectivity index (χ0v) is 27.2. The van der Waals surface area contributed by atoms with E-state index < -0.39 is 52.3 Å². The highest BCUT2D eigenvalue weighted by Crippen LogP contribution is 2.40. The molecule has 3 amide bonds. The fourth-order valence-corrected chi connectivity index (χ4v) is 6.36. The second-order valence-electron chi connectivity index (χ2n) is 12.0. The second kappa shape index (κ2) is 15.0. The van der Waals surface area contributed by atoms with Crippen molar-refractivity contribution in [3.8, 4) is 0 Å². The molecule has 1 saturated heterocycles.